The van der Waals surface area contributed by atoms with E-state index in [1.54, 1.807) is 0 Å². The van der Waals surface area contributed by atoms with Crippen molar-refractivity contribution < 1.29 is 33.7 Å². The number of benzene rings is 2. The van der Waals surface area contributed by atoms with E-state index in [1.807, 2.05) is 55.5 Å². The quantitative estimate of drug-likeness (QED) is 0.543. The van der Waals surface area contributed by atoms with Crippen molar-refractivity contribution >= 4 is 18.0 Å². The lowest BCUT2D eigenvalue weighted by Crippen LogP contribution is -2.51. The predicted molar refractivity (Wildman–Crippen MR) is 122 cm³/mol. The van der Waals surface area contributed by atoms with Crippen molar-refractivity contribution in [1.82, 2.24) is 10.6 Å². The first-order chi connectivity index (χ1) is 16.4. The van der Waals surface area contributed by atoms with Crippen LogP contribution in [0.2, 0.25) is 0 Å². The van der Waals surface area contributed by atoms with Crippen molar-refractivity contribution in [3.8, 4) is 11.1 Å². The van der Waals surface area contributed by atoms with Crippen LogP contribution in [0.3, 0.4) is 0 Å². The number of nitrogens with one attached hydrogen (secondary N) is 2. The maximum absolute atomic E-state index is 12.6. The Morgan fingerprint density at radius 1 is 1.03 bits per heavy atom. The number of carbonyl (C=O) groups is 3. The third-order valence-corrected chi connectivity index (χ3v) is 6.13. The molecule has 2 aromatic rings. The Morgan fingerprint density at radius 3 is 2.26 bits per heavy atom. The molecule has 0 spiro atoms. The van der Waals surface area contributed by atoms with E-state index in [-0.39, 0.29) is 31.3 Å². The summed E-state index contributed by atoms with van der Waals surface area (Å²) in [6.07, 6.45) is -1.98. The molecule has 2 aliphatic rings. The Kier molecular flexibility index (Phi) is 7.44. The first-order valence-corrected chi connectivity index (χ1v) is 11.3. The van der Waals surface area contributed by atoms with Crippen molar-refractivity contribution in [3.05, 3.63) is 59.7 Å². The van der Waals surface area contributed by atoms with E-state index >= 15 is 0 Å². The van der Waals surface area contributed by atoms with E-state index in [0.717, 1.165) is 22.3 Å². The molecule has 34 heavy (non-hydrogen) atoms. The molecule has 9 heteroatoms. The molecule has 3 unspecified atom stereocenters. The standard InChI is InChI=1S/C25H28N2O7/c1-15-22(33-11-10-32-15)13-26-24(30)21(12-23(28)29)27-25(31)34-14-20-18-8-4-2-6-16(18)17-7-3-5-9-19(17)20/h2-9,15,20-22H,10-14H2,1H3,(H,26,30)(H,27,31)(H,28,29). The number of carboxylic acids is 1. The monoisotopic (exact) mass is 468 g/mol. The molecular formula is C25H28N2O7. The average Bonchev–Trinajstić information content (AvgIpc) is 3.15. The lowest BCUT2D eigenvalue weighted by Gasteiger charge is -2.30. The van der Waals surface area contributed by atoms with Crippen molar-refractivity contribution in [2.24, 2.45) is 0 Å². The summed E-state index contributed by atoms with van der Waals surface area (Å²) in [6.45, 7) is 2.94. The van der Waals surface area contributed by atoms with Gasteiger partial charge in [-0.15, -0.1) is 0 Å². The van der Waals surface area contributed by atoms with Crippen LogP contribution in [0, 0.1) is 0 Å². The number of carboxylic acid groups (broad SMARTS) is 1. The van der Waals surface area contributed by atoms with Crippen LogP contribution >= 0.6 is 0 Å². The van der Waals surface area contributed by atoms with Gasteiger partial charge in [-0.3, -0.25) is 9.59 Å². The Labute approximate surface area is 197 Å². The molecular weight excluding hydrogens is 440 g/mol. The molecule has 1 heterocycles. The minimum Gasteiger partial charge on any atom is -0.481 e. The van der Waals surface area contributed by atoms with Gasteiger partial charge in [0.1, 0.15) is 18.8 Å². The topological polar surface area (TPSA) is 123 Å². The van der Waals surface area contributed by atoms with Gasteiger partial charge in [-0.05, 0) is 29.2 Å². The number of rotatable bonds is 8. The molecule has 2 aromatic carbocycles. The Morgan fingerprint density at radius 2 is 1.65 bits per heavy atom. The molecule has 1 saturated heterocycles. The highest BCUT2D eigenvalue weighted by Gasteiger charge is 2.31. The average molecular weight is 469 g/mol. The van der Waals surface area contributed by atoms with E-state index < -0.39 is 30.4 Å². The summed E-state index contributed by atoms with van der Waals surface area (Å²) in [5.41, 5.74) is 4.30. The summed E-state index contributed by atoms with van der Waals surface area (Å²) in [6, 6.07) is 14.6. The molecule has 0 saturated carbocycles. The van der Waals surface area contributed by atoms with Gasteiger partial charge in [0.05, 0.1) is 25.7 Å². The molecule has 3 atom stereocenters. The molecule has 9 nitrogen and oxygen atoms in total. The van der Waals surface area contributed by atoms with Crippen LogP contribution in [-0.4, -0.2) is 67.7 Å². The smallest absolute Gasteiger partial charge is 0.407 e. The highest BCUT2D eigenvalue weighted by Crippen LogP contribution is 2.44. The molecule has 0 aromatic heterocycles. The highest BCUT2D eigenvalue weighted by molar-refractivity contribution is 5.89. The fraction of sp³-hybridized carbons (Fsp3) is 0.400. The molecule has 4 rings (SSSR count). The summed E-state index contributed by atoms with van der Waals surface area (Å²) in [7, 11) is 0. The zero-order chi connectivity index (χ0) is 24.1. The van der Waals surface area contributed by atoms with Crippen LogP contribution < -0.4 is 10.6 Å². The van der Waals surface area contributed by atoms with Gasteiger partial charge in [0.15, 0.2) is 0 Å². The van der Waals surface area contributed by atoms with Gasteiger partial charge in [0, 0.05) is 12.5 Å². The van der Waals surface area contributed by atoms with Gasteiger partial charge >= 0.3 is 12.1 Å². The molecule has 1 fully saturated rings. The van der Waals surface area contributed by atoms with E-state index in [2.05, 4.69) is 10.6 Å². The third kappa shape index (κ3) is 5.37. The number of carbonyl (C=O) groups excluding carboxylic acids is 2. The van der Waals surface area contributed by atoms with Crippen LogP contribution in [0.25, 0.3) is 11.1 Å². The number of aliphatic carboxylic acids is 1. The maximum Gasteiger partial charge on any atom is 0.407 e. The lowest BCUT2D eigenvalue weighted by atomic mass is 9.98. The van der Waals surface area contributed by atoms with Gasteiger partial charge in [0.25, 0.3) is 0 Å². The lowest BCUT2D eigenvalue weighted by molar-refractivity contribution is -0.142. The van der Waals surface area contributed by atoms with Crippen LogP contribution in [0.5, 0.6) is 0 Å². The van der Waals surface area contributed by atoms with E-state index in [4.69, 9.17) is 14.2 Å². The first kappa shape index (κ1) is 23.7. The maximum atomic E-state index is 12.6. The van der Waals surface area contributed by atoms with Crippen molar-refractivity contribution in [2.75, 3.05) is 26.4 Å². The fourth-order valence-corrected chi connectivity index (χ4v) is 4.39. The number of fused-ring (bicyclic) bond motifs is 3. The second-order valence-electron chi connectivity index (χ2n) is 8.35. The summed E-state index contributed by atoms with van der Waals surface area (Å²) < 4.78 is 16.5. The molecule has 1 aliphatic heterocycles. The largest absolute Gasteiger partial charge is 0.481 e. The zero-order valence-corrected chi connectivity index (χ0v) is 18.9. The molecule has 2 amide bonds. The molecule has 3 N–H and O–H groups in total. The van der Waals surface area contributed by atoms with Crippen LogP contribution in [0.15, 0.2) is 48.5 Å². The minimum absolute atomic E-state index is 0.0615. The SMILES string of the molecule is CC1OCCOC1CNC(=O)C(CC(=O)O)NC(=O)OCC1c2ccccc2-c2ccccc21. The molecule has 0 radical (unpaired) electrons. The molecule has 1 aliphatic carbocycles. The number of hydrogen-bond acceptors (Lipinski definition) is 6. The summed E-state index contributed by atoms with van der Waals surface area (Å²) >= 11 is 0. The number of hydrogen-bond donors (Lipinski definition) is 3. The van der Waals surface area contributed by atoms with Crippen LogP contribution in [0.1, 0.15) is 30.4 Å². The van der Waals surface area contributed by atoms with Gasteiger partial charge in [-0.1, -0.05) is 48.5 Å². The Balaban J connectivity index is 1.36. The van der Waals surface area contributed by atoms with Crippen molar-refractivity contribution in [1.29, 1.82) is 0 Å². The normalized spacial score (nSPS) is 20.0. The number of amides is 2. The second-order valence-corrected chi connectivity index (χ2v) is 8.35. The zero-order valence-electron chi connectivity index (χ0n) is 18.9. The first-order valence-electron chi connectivity index (χ1n) is 11.3. The molecule has 0 bridgehead atoms. The second kappa shape index (κ2) is 10.7. The third-order valence-electron chi connectivity index (χ3n) is 6.13. The van der Waals surface area contributed by atoms with Gasteiger partial charge in [-0.2, -0.15) is 0 Å². The van der Waals surface area contributed by atoms with Crippen LogP contribution in [-0.2, 0) is 23.8 Å². The van der Waals surface area contributed by atoms with Crippen molar-refractivity contribution in [2.45, 2.75) is 37.5 Å². The van der Waals surface area contributed by atoms with Gasteiger partial charge in [0.2, 0.25) is 5.91 Å². The minimum atomic E-state index is -1.28. The number of alkyl carbamates (subject to hydrolysis) is 1. The fourth-order valence-electron chi connectivity index (χ4n) is 4.39. The predicted octanol–water partition coefficient (Wildman–Crippen LogP) is 2.29. The number of ether oxygens (including phenoxy) is 3. The summed E-state index contributed by atoms with van der Waals surface area (Å²) in [4.78, 5) is 36.4. The Bertz CT molecular complexity index is 1010. The summed E-state index contributed by atoms with van der Waals surface area (Å²) in [5.74, 6) is -1.99. The molecule has 180 valence electrons. The van der Waals surface area contributed by atoms with Crippen molar-refractivity contribution in [3.63, 3.8) is 0 Å². The highest BCUT2D eigenvalue weighted by atomic mass is 16.6. The van der Waals surface area contributed by atoms with E-state index in [0.29, 0.717) is 13.2 Å². The summed E-state index contributed by atoms with van der Waals surface area (Å²) in [5, 5.41) is 14.2. The van der Waals surface area contributed by atoms with Crippen LogP contribution in [0.4, 0.5) is 4.79 Å². The van der Waals surface area contributed by atoms with E-state index in [1.165, 1.54) is 0 Å². The van der Waals surface area contributed by atoms with E-state index in [9.17, 15) is 19.5 Å². The van der Waals surface area contributed by atoms with Gasteiger partial charge < -0.3 is 30.0 Å². The Hall–Kier alpha value is -3.43. The van der Waals surface area contributed by atoms with Gasteiger partial charge in [-0.25, -0.2) is 4.79 Å².